The minimum absolute atomic E-state index is 0.173. The van der Waals surface area contributed by atoms with Crippen LogP contribution in [-0.2, 0) is 6.54 Å². The Labute approximate surface area is 110 Å². The maximum absolute atomic E-state index is 9.61. The summed E-state index contributed by atoms with van der Waals surface area (Å²) in [5.41, 5.74) is 9.47. The Morgan fingerprint density at radius 3 is 2.56 bits per heavy atom. The van der Waals surface area contributed by atoms with Crippen LogP contribution in [0, 0.1) is 12.8 Å². The molecular formula is C15H24N2O. The summed E-state index contributed by atoms with van der Waals surface area (Å²) in [6.45, 7) is 6.71. The zero-order valence-corrected chi connectivity index (χ0v) is 11.4. The van der Waals surface area contributed by atoms with Crippen molar-refractivity contribution in [2.45, 2.75) is 39.3 Å². The van der Waals surface area contributed by atoms with Crippen molar-refractivity contribution in [2.75, 3.05) is 18.0 Å². The van der Waals surface area contributed by atoms with Gasteiger partial charge in [0.1, 0.15) is 0 Å². The molecule has 0 aliphatic carbocycles. The van der Waals surface area contributed by atoms with Crippen LogP contribution >= 0.6 is 0 Å². The van der Waals surface area contributed by atoms with Crippen LogP contribution in [0.5, 0.6) is 0 Å². The van der Waals surface area contributed by atoms with E-state index in [9.17, 15) is 5.11 Å². The first-order chi connectivity index (χ1) is 8.61. The fraction of sp³-hybridized carbons (Fsp3) is 0.600. The molecule has 1 atom stereocenters. The zero-order chi connectivity index (χ0) is 13.1. The Bertz CT molecular complexity index is 395. The van der Waals surface area contributed by atoms with Crippen molar-refractivity contribution >= 4 is 5.69 Å². The van der Waals surface area contributed by atoms with E-state index in [4.69, 9.17) is 5.73 Å². The second-order valence-corrected chi connectivity index (χ2v) is 5.38. The number of hydrogen-bond acceptors (Lipinski definition) is 3. The average Bonchev–Trinajstić information content (AvgIpc) is 2.38. The van der Waals surface area contributed by atoms with Gasteiger partial charge in [-0.05, 0) is 55.9 Å². The Balaban J connectivity index is 2.03. The maximum Gasteiger partial charge on any atom is 0.0541 e. The molecule has 1 unspecified atom stereocenters. The van der Waals surface area contributed by atoms with E-state index >= 15 is 0 Å². The largest absolute Gasteiger partial charge is 0.393 e. The summed E-state index contributed by atoms with van der Waals surface area (Å²) >= 11 is 0. The van der Waals surface area contributed by atoms with Crippen LogP contribution in [0.4, 0.5) is 5.69 Å². The predicted molar refractivity (Wildman–Crippen MR) is 75.7 cm³/mol. The topological polar surface area (TPSA) is 49.5 Å². The molecule has 1 aliphatic rings. The normalized spacial score (nSPS) is 19.0. The average molecular weight is 248 g/mol. The minimum Gasteiger partial charge on any atom is -0.393 e. The van der Waals surface area contributed by atoms with E-state index < -0.39 is 0 Å². The van der Waals surface area contributed by atoms with Gasteiger partial charge in [-0.15, -0.1) is 0 Å². The van der Waals surface area contributed by atoms with Crippen molar-refractivity contribution in [1.29, 1.82) is 0 Å². The van der Waals surface area contributed by atoms with Gasteiger partial charge < -0.3 is 15.7 Å². The first-order valence-electron chi connectivity index (χ1n) is 6.84. The van der Waals surface area contributed by atoms with Crippen LogP contribution in [0.3, 0.4) is 0 Å². The minimum atomic E-state index is -0.173. The third kappa shape index (κ3) is 2.85. The summed E-state index contributed by atoms with van der Waals surface area (Å²) in [7, 11) is 0. The number of aliphatic hydroxyl groups is 1. The quantitative estimate of drug-likeness (QED) is 0.860. The molecular weight excluding hydrogens is 224 g/mol. The van der Waals surface area contributed by atoms with Crippen LogP contribution < -0.4 is 10.6 Å². The molecule has 1 heterocycles. The van der Waals surface area contributed by atoms with Gasteiger partial charge in [-0.2, -0.15) is 0 Å². The van der Waals surface area contributed by atoms with Gasteiger partial charge in [0.05, 0.1) is 6.10 Å². The van der Waals surface area contributed by atoms with Crippen LogP contribution in [0.1, 0.15) is 30.9 Å². The second kappa shape index (κ2) is 5.72. The van der Waals surface area contributed by atoms with Gasteiger partial charge in [-0.1, -0.05) is 6.07 Å². The number of aryl methyl sites for hydroxylation is 1. The van der Waals surface area contributed by atoms with E-state index in [1.807, 2.05) is 6.92 Å². The molecule has 1 aliphatic heterocycles. The number of benzene rings is 1. The third-order valence-electron chi connectivity index (χ3n) is 4.13. The van der Waals surface area contributed by atoms with Gasteiger partial charge in [0.15, 0.2) is 0 Å². The molecule has 1 fully saturated rings. The Morgan fingerprint density at radius 1 is 1.39 bits per heavy atom. The number of nitrogens with zero attached hydrogens (tertiary/aromatic N) is 1. The number of nitrogens with two attached hydrogens (primary N) is 1. The van der Waals surface area contributed by atoms with Gasteiger partial charge in [-0.3, -0.25) is 0 Å². The van der Waals surface area contributed by atoms with E-state index in [1.54, 1.807) is 0 Å². The first-order valence-corrected chi connectivity index (χ1v) is 6.84. The van der Waals surface area contributed by atoms with E-state index in [1.165, 1.54) is 16.8 Å². The SMILES string of the molecule is Cc1cc(N2CCC(C(C)O)CC2)ccc1CN. The van der Waals surface area contributed by atoms with Crippen LogP contribution in [0.25, 0.3) is 0 Å². The third-order valence-corrected chi connectivity index (χ3v) is 4.13. The Morgan fingerprint density at radius 2 is 2.06 bits per heavy atom. The van der Waals surface area contributed by atoms with Crippen molar-refractivity contribution in [3.8, 4) is 0 Å². The van der Waals surface area contributed by atoms with Crippen LogP contribution in [0.15, 0.2) is 18.2 Å². The predicted octanol–water partition coefficient (Wildman–Crippen LogP) is 2.05. The summed E-state index contributed by atoms with van der Waals surface area (Å²) in [6, 6.07) is 6.52. The molecule has 0 saturated carbocycles. The molecule has 0 amide bonds. The second-order valence-electron chi connectivity index (χ2n) is 5.38. The number of rotatable bonds is 3. The van der Waals surface area contributed by atoms with E-state index in [-0.39, 0.29) is 6.10 Å². The summed E-state index contributed by atoms with van der Waals surface area (Å²) in [5.74, 6) is 0.464. The van der Waals surface area contributed by atoms with E-state index in [0.717, 1.165) is 25.9 Å². The fourth-order valence-electron chi connectivity index (χ4n) is 2.75. The molecule has 0 bridgehead atoms. The lowest BCUT2D eigenvalue weighted by molar-refractivity contribution is 0.110. The standard InChI is InChI=1S/C15H24N2O/c1-11-9-15(4-3-14(11)10-16)17-7-5-13(6-8-17)12(2)18/h3-4,9,12-13,18H,5-8,10,16H2,1-2H3. The summed E-state index contributed by atoms with van der Waals surface area (Å²) in [5, 5.41) is 9.61. The Hall–Kier alpha value is -1.06. The molecule has 3 N–H and O–H groups in total. The van der Waals surface area contributed by atoms with Gasteiger partial charge >= 0.3 is 0 Å². The van der Waals surface area contributed by atoms with Crippen molar-refractivity contribution < 1.29 is 5.11 Å². The van der Waals surface area contributed by atoms with E-state index in [0.29, 0.717) is 12.5 Å². The molecule has 3 nitrogen and oxygen atoms in total. The number of piperidine rings is 1. The lowest BCUT2D eigenvalue weighted by Gasteiger charge is -2.35. The highest BCUT2D eigenvalue weighted by Gasteiger charge is 2.22. The smallest absolute Gasteiger partial charge is 0.0541 e. The molecule has 1 saturated heterocycles. The first kappa shape index (κ1) is 13.4. The molecule has 18 heavy (non-hydrogen) atoms. The summed E-state index contributed by atoms with van der Waals surface area (Å²) < 4.78 is 0. The van der Waals surface area contributed by atoms with Crippen molar-refractivity contribution in [3.05, 3.63) is 29.3 Å². The number of aliphatic hydroxyl groups excluding tert-OH is 1. The highest BCUT2D eigenvalue weighted by Crippen LogP contribution is 2.26. The maximum atomic E-state index is 9.61. The number of hydrogen-bond donors (Lipinski definition) is 2. The lowest BCUT2D eigenvalue weighted by atomic mass is 9.92. The molecule has 100 valence electrons. The molecule has 3 heteroatoms. The van der Waals surface area contributed by atoms with E-state index in [2.05, 4.69) is 30.0 Å². The molecule has 2 rings (SSSR count). The molecule has 0 spiro atoms. The molecule has 0 aromatic heterocycles. The highest BCUT2D eigenvalue weighted by atomic mass is 16.3. The van der Waals surface area contributed by atoms with Crippen LogP contribution in [0.2, 0.25) is 0 Å². The van der Waals surface area contributed by atoms with Crippen LogP contribution in [-0.4, -0.2) is 24.3 Å². The fourth-order valence-corrected chi connectivity index (χ4v) is 2.75. The zero-order valence-electron chi connectivity index (χ0n) is 11.4. The van der Waals surface area contributed by atoms with Gasteiger partial charge in [0.2, 0.25) is 0 Å². The van der Waals surface area contributed by atoms with Gasteiger partial charge in [0, 0.05) is 25.3 Å². The van der Waals surface area contributed by atoms with Crippen molar-refractivity contribution in [3.63, 3.8) is 0 Å². The van der Waals surface area contributed by atoms with Gasteiger partial charge in [-0.25, -0.2) is 0 Å². The summed E-state index contributed by atoms with van der Waals surface area (Å²) in [4.78, 5) is 2.41. The lowest BCUT2D eigenvalue weighted by Crippen LogP contribution is -2.37. The highest BCUT2D eigenvalue weighted by molar-refractivity contribution is 5.51. The van der Waals surface area contributed by atoms with Gasteiger partial charge in [0.25, 0.3) is 0 Å². The Kier molecular flexibility index (Phi) is 4.25. The van der Waals surface area contributed by atoms with Crippen molar-refractivity contribution in [1.82, 2.24) is 0 Å². The molecule has 0 radical (unpaired) electrons. The molecule has 1 aromatic carbocycles. The van der Waals surface area contributed by atoms with Crippen molar-refractivity contribution in [2.24, 2.45) is 11.7 Å². The number of anilines is 1. The monoisotopic (exact) mass is 248 g/mol. The molecule has 1 aromatic rings. The summed E-state index contributed by atoms with van der Waals surface area (Å²) in [6.07, 6.45) is 1.98.